The van der Waals surface area contributed by atoms with Gasteiger partial charge >= 0.3 is 11.9 Å². The van der Waals surface area contributed by atoms with E-state index in [1.54, 1.807) is 0 Å². The molecule has 0 spiro atoms. The SMILES string of the molecule is O=C(/C=C\c1ccc(O)c(OC2OC(CO)C(O)C(O)C2O)c1)OC(Cc1ccc(O)c(O)c1)C(=O)O. The maximum absolute atomic E-state index is 12.2. The molecule has 37 heavy (non-hydrogen) atoms. The van der Waals surface area contributed by atoms with Crippen LogP contribution in [0.25, 0.3) is 6.08 Å². The summed E-state index contributed by atoms with van der Waals surface area (Å²) < 4.78 is 15.6. The van der Waals surface area contributed by atoms with Crippen molar-refractivity contribution in [3.8, 4) is 23.0 Å². The van der Waals surface area contributed by atoms with Gasteiger partial charge in [-0.3, -0.25) is 0 Å². The number of esters is 1. The van der Waals surface area contributed by atoms with Crippen LogP contribution in [0.2, 0.25) is 0 Å². The summed E-state index contributed by atoms with van der Waals surface area (Å²) in [5.41, 5.74) is 0.581. The van der Waals surface area contributed by atoms with Gasteiger partial charge in [-0.25, -0.2) is 9.59 Å². The third-order valence-corrected chi connectivity index (χ3v) is 5.48. The molecule has 1 fully saturated rings. The van der Waals surface area contributed by atoms with Gasteiger partial charge in [-0.1, -0.05) is 12.1 Å². The van der Waals surface area contributed by atoms with Gasteiger partial charge in [0.15, 0.2) is 23.0 Å². The van der Waals surface area contributed by atoms with Crippen LogP contribution >= 0.6 is 0 Å². The number of benzene rings is 2. The van der Waals surface area contributed by atoms with Crippen molar-refractivity contribution in [1.29, 1.82) is 0 Å². The number of aliphatic hydroxyl groups excluding tert-OH is 4. The van der Waals surface area contributed by atoms with Crippen molar-refractivity contribution in [2.75, 3.05) is 6.61 Å². The fraction of sp³-hybridized carbons (Fsp3) is 0.333. The molecule has 1 heterocycles. The molecule has 3 rings (SSSR count). The van der Waals surface area contributed by atoms with E-state index in [4.69, 9.17) is 14.2 Å². The predicted octanol–water partition coefficient (Wildman–Crippen LogP) is -0.766. The zero-order valence-corrected chi connectivity index (χ0v) is 19.1. The van der Waals surface area contributed by atoms with Crippen molar-refractivity contribution in [1.82, 2.24) is 0 Å². The molecule has 13 heteroatoms. The van der Waals surface area contributed by atoms with Crippen molar-refractivity contribution in [3.05, 3.63) is 53.6 Å². The fourth-order valence-electron chi connectivity index (χ4n) is 3.45. The Balaban J connectivity index is 1.68. The molecule has 6 atom stereocenters. The van der Waals surface area contributed by atoms with Gasteiger partial charge in [0.25, 0.3) is 0 Å². The number of carbonyl (C=O) groups is 2. The highest BCUT2D eigenvalue weighted by Gasteiger charge is 2.44. The van der Waals surface area contributed by atoms with Crippen LogP contribution in [0.3, 0.4) is 0 Å². The van der Waals surface area contributed by atoms with E-state index in [2.05, 4.69) is 0 Å². The maximum atomic E-state index is 12.2. The Hall–Kier alpha value is -3.88. The number of carboxylic acid groups (broad SMARTS) is 1. The number of hydrogen-bond donors (Lipinski definition) is 8. The molecule has 1 aliphatic rings. The number of carboxylic acids is 1. The van der Waals surface area contributed by atoms with Gasteiger partial charge in [-0.2, -0.15) is 0 Å². The Morgan fingerprint density at radius 1 is 0.946 bits per heavy atom. The number of aromatic hydroxyl groups is 3. The molecule has 8 N–H and O–H groups in total. The summed E-state index contributed by atoms with van der Waals surface area (Å²) >= 11 is 0. The molecule has 0 aromatic heterocycles. The highest BCUT2D eigenvalue weighted by molar-refractivity contribution is 5.89. The fourth-order valence-corrected chi connectivity index (χ4v) is 3.45. The third-order valence-electron chi connectivity index (χ3n) is 5.48. The first kappa shape index (κ1) is 27.7. The lowest BCUT2D eigenvalue weighted by atomic mass is 9.99. The van der Waals surface area contributed by atoms with E-state index >= 15 is 0 Å². The molecular weight excluding hydrogens is 496 g/mol. The number of carbonyl (C=O) groups excluding carboxylic acids is 1. The molecule has 6 unspecified atom stereocenters. The molecular formula is C24H26O13. The number of aliphatic hydroxyl groups is 4. The standard InChI is InChI=1S/C24H26O13/c25-10-18-20(30)21(31)22(32)24(37-18)36-16-8-11(1-5-14(16)27)3-6-19(29)35-17(23(33)34)9-12-2-4-13(26)15(28)7-12/h1-8,17-18,20-22,24-28,30-32H,9-10H2,(H,33,34)/b6-3-. The predicted molar refractivity (Wildman–Crippen MR) is 123 cm³/mol. The van der Waals surface area contributed by atoms with Crippen LogP contribution in [0.1, 0.15) is 11.1 Å². The average molecular weight is 522 g/mol. The first-order valence-corrected chi connectivity index (χ1v) is 10.9. The molecule has 2 aromatic rings. The summed E-state index contributed by atoms with van der Waals surface area (Å²) in [6, 6.07) is 7.49. The zero-order valence-electron chi connectivity index (χ0n) is 19.1. The van der Waals surface area contributed by atoms with Crippen molar-refractivity contribution in [2.24, 2.45) is 0 Å². The van der Waals surface area contributed by atoms with E-state index in [9.17, 15) is 50.4 Å². The quantitative estimate of drug-likeness (QED) is 0.115. The summed E-state index contributed by atoms with van der Waals surface area (Å²) in [6.45, 7) is -0.674. The monoisotopic (exact) mass is 522 g/mol. The molecule has 0 radical (unpaired) electrons. The number of hydrogen-bond acceptors (Lipinski definition) is 12. The van der Waals surface area contributed by atoms with Crippen LogP contribution in [0.15, 0.2) is 42.5 Å². The van der Waals surface area contributed by atoms with Crippen molar-refractivity contribution in [3.63, 3.8) is 0 Å². The van der Waals surface area contributed by atoms with Gasteiger partial charge in [-0.05, 0) is 41.5 Å². The largest absolute Gasteiger partial charge is 0.504 e. The average Bonchev–Trinajstić information content (AvgIpc) is 2.86. The Labute approximate surface area is 209 Å². The second-order valence-electron chi connectivity index (χ2n) is 8.17. The lowest BCUT2D eigenvalue weighted by Gasteiger charge is -2.39. The molecule has 200 valence electrons. The van der Waals surface area contributed by atoms with Gasteiger partial charge in [0.05, 0.1) is 6.61 Å². The third kappa shape index (κ3) is 6.87. The highest BCUT2D eigenvalue weighted by Crippen LogP contribution is 2.31. The molecule has 13 nitrogen and oxygen atoms in total. The van der Waals surface area contributed by atoms with Gasteiger partial charge < -0.3 is 55.1 Å². The van der Waals surface area contributed by atoms with Crippen LogP contribution in [-0.2, 0) is 25.5 Å². The number of ether oxygens (including phenoxy) is 3. The Kier molecular flexibility index (Phi) is 8.91. The molecule has 0 saturated carbocycles. The van der Waals surface area contributed by atoms with Gasteiger partial charge in [0.2, 0.25) is 12.4 Å². The van der Waals surface area contributed by atoms with E-state index in [1.165, 1.54) is 36.4 Å². The van der Waals surface area contributed by atoms with Crippen molar-refractivity contribution in [2.45, 2.75) is 43.2 Å². The van der Waals surface area contributed by atoms with Crippen LogP contribution in [0.5, 0.6) is 23.0 Å². The topological polar surface area (TPSA) is 224 Å². The molecule has 1 saturated heterocycles. The molecule has 1 aliphatic heterocycles. The van der Waals surface area contributed by atoms with E-state index < -0.39 is 61.1 Å². The number of rotatable bonds is 9. The first-order chi connectivity index (χ1) is 17.5. The summed E-state index contributed by atoms with van der Waals surface area (Å²) in [5, 5.41) is 77.5. The molecule has 0 aliphatic carbocycles. The van der Waals surface area contributed by atoms with Crippen LogP contribution in [0, 0.1) is 0 Å². The first-order valence-electron chi connectivity index (χ1n) is 10.9. The summed E-state index contributed by atoms with van der Waals surface area (Å²) in [7, 11) is 0. The number of aliphatic carboxylic acids is 1. The second kappa shape index (κ2) is 11.9. The summed E-state index contributed by atoms with van der Waals surface area (Å²) in [5.74, 6) is -3.91. The van der Waals surface area contributed by atoms with Gasteiger partial charge in [0.1, 0.15) is 24.4 Å². The Morgan fingerprint density at radius 3 is 2.30 bits per heavy atom. The maximum Gasteiger partial charge on any atom is 0.345 e. The minimum absolute atomic E-state index is 0.226. The smallest absolute Gasteiger partial charge is 0.345 e. The zero-order chi connectivity index (χ0) is 27.3. The van der Waals surface area contributed by atoms with E-state index in [-0.39, 0.29) is 29.2 Å². The van der Waals surface area contributed by atoms with Gasteiger partial charge in [0, 0.05) is 12.5 Å². The number of phenols is 3. The lowest BCUT2D eigenvalue weighted by molar-refractivity contribution is -0.277. The minimum atomic E-state index is -1.71. The normalized spacial score (nSPS) is 24.5. The van der Waals surface area contributed by atoms with Crippen LogP contribution < -0.4 is 4.74 Å². The van der Waals surface area contributed by atoms with E-state index in [0.29, 0.717) is 5.56 Å². The van der Waals surface area contributed by atoms with E-state index in [1.807, 2.05) is 0 Å². The Morgan fingerprint density at radius 2 is 1.65 bits per heavy atom. The molecule has 0 amide bonds. The van der Waals surface area contributed by atoms with Gasteiger partial charge in [-0.15, -0.1) is 0 Å². The van der Waals surface area contributed by atoms with Crippen LogP contribution in [0.4, 0.5) is 0 Å². The Bertz CT molecular complexity index is 1150. The number of phenolic OH excluding ortho intramolecular Hbond substituents is 3. The lowest BCUT2D eigenvalue weighted by Crippen LogP contribution is -2.60. The highest BCUT2D eigenvalue weighted by atomic mass is 16.7. The summed E-state index contributed by atoms with van der Waals surface area (Å²) in [6.07, 6.45) is -7.49. The molecule has 2 aromatic carbocycles. The van der Waals surface area contributed by atoms with Crippen molar-refractivity contribution >= 4 is 18.0 Å². The van der Waals surface area contributed by atoms with Crippen molar-refractivity contribution < 1.29 is 64.7 Å². The molecule has 0 bridgehead atoms. The van der Waals surface area contributed by atoms with Crippen LogP contribution in [-0.4, -0.2) is 96.2 Å². The minimum Gasteiger partial charge on any atom is -0.504 e. The van der Waals surface area contributed by atoms with E-state index in [0.717, 1.165) is 12.1 Å². The summed E-state index contributed by atoms with van der Waals surface area (Å²) in [4.78, 5) is 23.7. The second-order valence-corrected chi connectivity index (χ2v) is 8.17.